The van der Waals surface area contributed by atoms with Crippen LogP contribution in [0.15, 0.2) is 6.20 Å². The summed E-state index contributed by atoms with van der Waals surface area (Å²) in [6.07, 6.45) is 2.03. The maximum Gasteiger partial charge on any atom is 0.212 e. The Bertz CT molecular complexity index is 357. The van der Waals surface area contributed by atoms with Crippen molar-refractivity contribution in [2.24, 2.45) is 0 Å². The van der Waals surface area contributed by atoms with Crippen LogP contribution < -0.4 is 5.32 Å². The second kappa shape index (κ2) is 5.18. The molecular formula is C10H16N4O2. The van der Waals surface area contributed by atoms with E-state index in [4.69, 9.17) is 4.74 Å². The standard InChI is InChI=1S/C10H16N4O2/c1-2-4-14-8(6-12-13-14)10(15)9-7-11-3-5-16-9/h6,9,11H,2-5,7H2,1H3. The minimum absolute atomic E-state index is 0.0364. The molecule has 0 aromatic carbocycles. The number of ketones is 1. The van der Waals surface area contributed by atoms with Gasteiger partial charge in [0.05, 0.1) is 12.8 Å². The molecule has 2 heterocycles. The number of aromatic nitrogens is 3. The maximum absolute atomic E-state index is 12.1. The van der Waals surface area contributed by atoms with Gasteiger partial charge < -0.3 is 10.1 Å². The van der Waals surface area contributed by atoms with Gasteiger partial charge in [-0.1, -0.05) is 12.1 Å². The number of aryl methyl sites for hydroxylation is 1. The van der Waals surface area contributed by atoms with Crippen LogP contribution in [0.25, 0.3) is 0 Å². The summed E-state index contributed by atoms with van der Waals surface area (Å²) in [5.74, 6) is -0.0364. The van der Waals surface area contributed by atoms with Gasteiger partial charge in [-0.15, -0.1) is 5.10 Å². The Morgan fingerprint density at radius 3 is 3.31 bits per heavy atom. The molecule has 0 amide bonds. The van der Waals surface area contributed by atoms with E-state index in [1.165, 1.54) is 6.20 Å². The van der Waals surface area contributed by atoms with Gasteiger partial charge in [0.2, 0.25) is 5.78 Å². The number of morpholine rings is 1. The van der Waals surface area contributed by atoms with Crippen molar-refractivity contribution >= 4 is 5.78 Å². The molecule has 1 atom stereocenters. The fraction of sp³-hybridized carbons (Fsp3) is 0.700. The van der Waals surface area contributed by atoms with E-state index < -0.39 is 6.10 Å². The van der Waals surface area contributed by atoms with Gasteiger partial charge in [0.1, 0.15) is 11.8 Å². The van der Waals surface area contributed by atoms with Crippen LogP contribution in [0.5, 0.6) is 0 Å². The smallest absolute Gasteiger partial charge is 0.212 e. The molecule has 6 nitrogen and oxygen atoms in total. The number of carbonyl (C=O) groups excluding carboxylic acids is 1. The topological polar surface area (TPSA) is 69.0 Å². The zero-order valence-corrected chi connectivity index (χ0v) is 9.35. The van der Waals surface area contributed by atoms with Crippen LogP contribution in [0, 0.1) is 0 Å². The second-order valence-corrected chi connectivity index (χ2v) is 3.77. The molecule has 16 heavy (non-hydrogen) atoms. The summed E-state index contributed by atoms with van der Waals surface area (Å²) in [5, 5.41) is 10.8. The summed E-state index contributed by atoms with van der Waals surface area (Å²) in [6, 6.07) is 0. The Morgan fingerprint density at radius 2 is 2.62 bits per heavy atom. The number of ether oxygens (including phenoxy) is 1. The molecule has 0 radical (unpaired) electrons. The highest BCUT2D eigenvalue weighted by molar-refractivity contribution is 5.98. The highest BCUT2D eigenvalue weighted by Gasteiger charge is 2.25. The van der Waals surface area contributed by atoms with E-state index in [0.717, 1.165) is 13.0 Å². The minimum Gasteiger partial charge on any atom is -0.367 e. The third-order valence-corrected chi connectivity index (χ3v) is 2.53. The molecule has 6 heteroatoms. The summed E-state index contributed by atoms with van der Waals surface area (Å²) in [7, 11) is 0. The number of carbonyl (C=O) groups is 1. The fourth-order valence-corrected chi connectivity index (χ4v) is 1.72. The predicted octanol–water partition coefficient (Wildman–Crippen LogP) is -0.141. The van der Waals surface area contributed by atoms with E-state index in [0.29, 0.717) is 25.4 Å². The van der Waals surface area contributed by atoms with Gasteiger partial charge in [0.15, 0.2) is 0 Å². The van der Waals surface area contributed by atoms with Gasteiger partial charge in [0.25, 0.3) is 0 Å². The van der Waals surface area contributed by atoms with Crippen molar-refractivity contribution in [2.75, 3.05) is 19.7 Å². The Balaban J connectivity index is 2.09. The molecule has 1 aromatic heterocycles. The highest BCUT2D eigenvalue weighted by atomic mass is 16.5. The van der Waals surface area contributed by atoms with Gasteiger partial charge in [-0.2, -0.15) is 0 Å². The molecule has 0 saturated carbocycles. The maximum atomic E-state index is 12.1. The van der Waals surface area contributed by atoms with E-state index in [1.54, 1.807) is 4.68 Å². The van der Waals surface area contributed by atoms with Gasteiger partial charge in [-0.25, -0.2) is 4.68 Å². The zero-order valence-electron chi connectivity index (χ0n) is 9.35. The Morgan fingerprint density at radius 1 is 1.75 bits per heavy atom. The van der Waals surface area contributed by atoms with Gasteiger partial charge in [0, 0.05) is 19.6 Å². The van der Waals surface area contributed by atoms with Crippen molar-refractivity contribution < 1.29 is 9.53 Å². The first kappa shape index (κ1) is 11.2. The molecule has 1 aromatic rings. The molecule has 0 spiro atoms. The lowest BCUT2D eigenvalue weighted by Crippen LogP contribution is -2.43. The zero-order chi connectivity index (χ0) is 11.4. The molecule has 2 rings (SSSR count). The largest absolute Gasteiger partial charge is 0.367 e. The van der Waals surface area contributed by atoms with Crippen LogP contribution >= 0.6 is 0 Å². The molecule has 1 unspecified atom stereocenters. The number of hydrogen-bond donors (Lipinski definition) is 1. The van der Waals surface area contributed by atoms with Crippen molar-refractivity contribution in [3.8, 4) is 0 Å². The van der Waals surface area contributed by atoms with Crippen molar-refractivity contribution in [3.63, 3.8) is 0 Å². The van der Waals surface area contributed by atoms with Gasteiger partial charge in [-0.05, 0) is 6.42 Å². The second-order valence-electron chi connectivity index (χ2n) is 3.77. The monoisotopic (exact) mass is 224 g/mol. The average molecular weight is 224 g/mol. The van der Waals surface area contributed by atoms with Crippen molar-refractivity contribution in [3.05, 3.63) is 11.9 Å². The Labute approximate surface area is 94.0 Å². The molecule has 1 aliphatic rings. The molecule has 1 saturated heterocycles. The lowest BCUT2D eigenvalue weighted by atomic mass is 10.1. The SMILES string of the molecule is CCCn1nncc1C(=O)C1CNCCO1. The fourth-order valence-electron chi connectivity index (χ4n) is 1.72. The van der Waals surface area contributed by atoms with Gasteiger partial charge in [-0.3, -0.25) is 4.79 Å². The van der Waals surface area contributed by atoms with Crippen LogP contribution in [-0.4, -0.2) is 46.6 Å². The average Bonchev–Trinajstić information content (AvgIpc) is 2.78. The quantitative estimate of drug-likeness (QED) is 0.721. The minimum atomic E-state index is -0.400. The predicted molar refractivity (Wildman–Crippen MR) is 57.3 cm³/mol. The van der Waals surface area contributed by atoms with E-state index >= 15 is 0 Å². The highest BCUT2D eigenvalue weighted by Crippen LogP contribution is 2.07. The molecule has 1 fully saturated rings. The van der Waals surface area contributed by atoms with Gasteiger partial charge >= 0.3 is 0 Å². The molecule has 88 valence electrons. The normalized spacial score (nSPS) is 20.9. The summed E-state index contributed by atoms with van der Waals surface area (Å²) >= 11 is 0. The van der Waals surface area contributed by atoms with E-state index in [-0.39, 0.29) is 5.78 Å². The van der Waals surface area contributed by atoms with Crippen LogP contribution in [0.4, 0.5) is 0 Å². The molecule has 0 aliphatic carbocycles. The van der Waals surface area contributed by atoms with Crippen molar-refractivity contribution in [2.45, 2.75) is 26.0 Å². The molecular weight excluding hydrogens is 208 g/mol. The molecule has 0 bridgehead atoms. The van der Waals surface area contributed by atoms with E-state index in [1.807, 2.05) is 6.92 Å². The van der Waals surface area contributed by atoms with Crippen molar-refractivity contribution in [1.82, 2.24) is 20.3 Å². The Hall–Kier alpha value is -1.27. The third-order valence-electron chi connectivity index (χ3n) is 2.53. The lowest BCUT2D eigenvalue weighted by molar-refractivity contribution is 0.0261. The van der Waals surface area contributed by atoms with Crippen LogP contribution in [-0.2, 0) is 11.3 Å². The number of nitrogens with zero attached hydrogens (tertiary/aromatic N) is 3. The lowest BCUT2D eigenvalue weighted by Gasteiger charge is -2.22. The number of Topliss-reactive ketones (excluding diaryl/α,β-unsaturated/α-hetero) is 1. The molecule has 1 aliphatic heterocycles. The number of rotatable bonds is 4. The van der Waals surface area contributed by atoms with Crippen molar-refractivity contribution in [1.29, 1.82) is 0 Å². The van der Waals surface area contributed by atoms with Crippen LogP contribution in [0.2, 0.25) is 0 Å². The summed E-state index contributed by atoms with van der Waals surface area (Å²) in [5.41, 5.74) is 0.538. The first-order chi connectivity index (χ1) is 7.83. The van der Waals surface area contributed by atoms with E-state index in [2.05, 4.69) is 15.6 Å². The van der Waals surface area contributed by atoms with Crippen LogP contribution in [0.3, 0.4) is 0 Å². The van der Waals surface area contributed by atoms with Crippen LogP contribution in [0.1, 0.15) is 23.8 Å². The number of hydrogen-bond acceptors (Lipinski definition) is 5. The summed E-state index contributed by atoms with van der Waals surface area (Å²) < 4.78 is 7.05. The Kier molecular flexibility index (Phi) is 3.63. The molecule has 1 N–H and O–H groups in total. The number of nitrogens with one attached hydrogen (secondary N) is 1. The first-order valence-electron chi connectivity index (χ1n) is 5.58. The third kappa shape index (κ3) is 2.28. The first-order valence-corrected chi connectivity index (χ1v) is 5.58. The summed E-state index contributed by atoms with van der Waals surface area (Å²) in [4.78, 5) is 12.1. The van der Waals surface area contributed by atoms with E-state index in [9.17, 15) is 4.79 Å². The summed E-state index contributed by atoms with van der Waals surface area (Å²) in [6.45, 7) is 4.69.